The van der Waals surface area contributed by atoms with Crippen LogP contribution in [0.25, 0.3) is 0 Å². The van der Waals surface area contributed by atoms with E-state index in [1.807, 2.05) is 0 Å². The summed E-state index contributed by atoms with van der Waals surface area (Å²) in [6, 6.07) is 4.29. The molecule has 4 nitrogen and oxygen atoms in total. The summed E-state index contributed by atoms with van der Waals surface area (Å²) in [7, 11) is 0. The summed E-state index contributed by atoms with van der Waals surface area (Å²) in [5.74, 6) is 1.39. The van der Waals surface area contributed by atoms with Gasteiger partial charge < -0.3 is 15.4 Å². The smallest absolute Gasteiger partial charge is 0.191 e. The Balaban J connectivity index is 1.75. The van der Waals surface area contributed by atoms with Gasteiger partial charge in [0, 0.05) is 30.5 Å². The van der Waals surface area contributed by atoms with E-state index in [9.17, 15) is 0 Å². The van der Waals surface area contributed by atoms with Crippen molar-refractivity contribution in [2.24, 2.45) is 4.99 Å². The standard InChI is InChI=1S/C16H27N3OS/c1-3-17-16(18-9-8-14-6-4-10-20-14)19-12-13(2)15-7-5-11-21-15/h5,7,11,13-14H,3-4,6,8-10,12H2,1-2H3,(H2,17,18,19). The third-order valence-electron chi connectivity index (χ3n) is 3.68. The third-order valence-corrected chi connectivity index (χ3v) is 4.78. The molecule has 0 aromatic carbocycles. The lowest BCUT2D eigenvalue weighted by Gasteiger charge is -2.14. The molecule has 1 aliphatic rings. The molecule has 2 atom stereocenters. The first-order valence-electron chi connectivity index (χ1n) is 7.96. The molecule has 0 amide bonds. The Morgan fingerprint density at radius 2 is 2.43 bits per heavy atom. The molecule has 5 heteroatoms. The largest absolute Gasteiger partial charge is 0.378 e. The first-order valence-corrected chi connectivity index (χ1v) is 8.84. The monoisotopic (exact) mass is 309 g/mol. The van der Waals surface area contributed by atoms with Crippen LogP contribution in [0, 0.1) is 0 Å². The molecule has 2 unspecified atom stereocenters. The SMILES string of the molecule is CCNC(=NCC(C)c1cccs1)NCCC1CCCO1. The van der Waals surface area contributed by atoms with Gasteiger partial charge in [-0.15, -0.1) is 11.3 Å². The molecule has 1 fully saturated rings. The highest BCUT2D eigenvalue weighted by Crippen LogP contribution is 2.20. The Morgan fingerprint density at radius 1 is 1.52 bits per heavy atom. The Bertz CT molecular complexity index is 413. The van der Waals surface area contributed by atoms with Gasteiger partial charge in [-0.05, 0) is 37.6 Å². The van der Waals surface area contributed by atoms with Crippen molar-refractivity contribution in [3.8, 4) is 0 Å². The average Bonchev–Trinajstić information content (AvgIpc) is 3.17. The highest BCUT2D eigenvalue weighted by molar-refractivity contribution is 7.10. The highest BCUT2D eigenvalue weighted by atomic mass is 32.1. The van der Waals surface area contributed by atoms with Crippen molar-refractivity contribution < 1.29 is 4.74 Å². The van der Waals surface area contributed by atoms with Gasteiger partial charge in [-0.1, -0.05) is 13.0 Å². The van der Waals surface area contributed by atoms with Crippen molar-refractivity contribution >= 4 is 17.3 Å². The second kappa shape index (κ2) is 9.05. The van der Waals surface area contributed by atoms with E-state index in [2.05, 4.69) is 42.0 Å². The van der Waals surface area contributed by atoms with Crippen LogP contribution in [0.15, 0.2) is 22.5 Å². The highest BCUT2D eigenvalue weighted by Gasteiger charge is 2.14. The normalized spacial score (nSPS) is 20.5. The number of aliphatic imine (C=N–C) groups is 1. The lowest BCUT2D eigenvalue weighted by molar-refractivity contribution is 0.105. The van der Waals surface area contributed by atoms with Crippen LogP contribution in [-0.2, 0) is 4.74 Å². The van der Waals surface area contributed by atoms with Crippen LogP contribution >= 0.6 is 11.3 Å². The topological polar surface area (TPSA) is 45.7 Å². The number of hydrogen-bond acceptors (Lipinski definition) is 3. The van der Waals surface area contributed by atoms with Gasteiger partial charge in [0.25, 0.3) is 0 Å². The molecule has 0 aliphatic carbocycles. The minimum absolute atomic E-state index is 0.436. The van der Waals surface area contributed by atoms with Crippen molar-refractivity contribution in [2.75, 3.05) is 26.2 Å². The maximum Gasteiger partial charge on any atom is 0.191 e. The van der Waals surface area contributed by atoms with Crippen LogP contribution in [0.4, 0.5) is 0 Å². The van der Waals surface area contributed by atoms with E-state index in [0.717, 1.165) is 38.6 Å². The van der Waals surface area contributed by atoms with Crippen molar-refractivity contribution in [3.63, 3.8) is 0 Å². The third kappa shape index (κ3) is 5.67. The Labute approximate surface area is 132 Å². The van der Waals surface area contributed by atoms with Crippen molar-refractivity contribution in [3.05, 3.63) is 22.4 Å². The zero-order chi connectivity index (χ0) is 14.9. The van der Waals surface area contributed by atoms with E-state index in [4.69, 9.17) is 9.73 Å². The van der Waals surface area contributed by atoms with Gasteiger partial charge in [0.1, 0.15) is 0 Å². The maximum absolute atomic E-state index is 5.64. The van der Waals surface area contributed by atoms with Crippen LogP contribution in [0.3, 0.4) is 0 Å². The van der Waals surface area contributed by atoms with Gasteiger partial charge in [-0.3, -0.25) is 4.99 Å². The summed E-state index contributed by atoms with van der Waals surface area (Å²) in [6.07, 6.45) is 3.90. The average molecular weight is 309 g/mol. The molecule has 0 radical (unpaired) electrons. The molecule has 1 aromatic rings. The molecule has 118 valence electrons. The summed E-state index contributed by atoms with van der Waals surface area (Å²) in [4.78, 5) is 6.09. The Morgan fingerprint density at radius 3 is 3.10 bits per heavy atom. The van der Waals surface area contributed by atoms with Gasteiger partial charge in [0.2, 0.25) is 0 Å². The summed E-state index contributed by atoms with van der Waals surface area (Å²) in [6.45, 7) is 7.88. The fourth-order valence-electron chi connectivity index (χ4n) is 2.46. The summed E-state index contributed by atoms with van der Waals surface area (Å²) in [5.41, 5.74) is 0. The first kappa shape index (κ1) is 16.3. The molecule has 21 heavy (non-hydrogen) atoms. The molecule has 0 saturated carbocycles. The number of ether oxygens (including phenoxy) is 1. The number of nitrogens with zero attached hydrogens (tertiary/aromatic N) is 1. The maximum atomic E-state index is 5.64. The van der Waals surface area contributed by atoms with Gasteiger partial charge >= 0.3 is 0 Å². The zero-order valence-electron chi connectivity index (χ0n) is 13.1. The molecule has 2 N–H and O–H groups in total. The minimum atomic E-state index is 0.436. The van der Waals surface area contributed by atoms with E-state index in [0.29, 0.717) is 12.0 Å². The van der Waals surface area contributed by atoms with Crippen LogP contribution in [0.5, 0.6) is 0 Å². The molecular formula is C16H27N3OS. The first-order chi connectivity index (χ1) is 10.3. The minimum Gasteiger partial charge on any atom is -0.378 e. The van der Waals surface area contributed by atoms with E-state index < -0.39 is 0 Å². The number of rotatable bonds is 7. The van der Waals surface area contributed by atoms with Gasteiger partial charge in [0.15, 0.2) is 5.96 Å². The molecule has 1 aromatic heterocycles. The molecular weight excluding hydrogens is 282 g/mol. The number of guanidine groups is 1. The Hall–Kier alpha value is -1.07. The van der Waals surface area contributed by atoms with Crippen molar-refractivity contribution in [1.82, 2.24) is 10.6 Å². The summed E-state index contributed by atoms with van der Waals surface area (Å²) < 4.78 is 5.64. The van der Waals surface area contributed by atoms with Gasteiger partial charge in [-0.2, -0.15) is 0 Å². The second-order valence-corrected chi connectivity index (χ2v) is 6.47. The van der Waals surface area contributed by atoms with Gasteiger partial charge in [0.05, 0.1) is 12.6 Å². The molecule has 0 spiro atoms. The predicted molar refractivity (Wildman–Crippen MR) is 90.3 cm³/mol. The van der Waals surface area contributed by atoms with Crippen LogP contribution in [-0.4, -0.2) is 38.3 Å². The Kier molecular flexibility index (Phi) is 7.03. The number of hydrogen-bond donors (Lipinski definition) is 2. The molecule has 2 heterocycles. The van der Waals surface area contributed by atoms with Crippen LogP contribution < -0.4 is 10.6 Å². The van der Waals surface area contributed by atoms with Crippen molar-refractivity contribution in [1.29, 1.82) is 0 Å². The van der Waals surface area contributed by atoms with E-state index >= 15 is 0 Å². The van der Waals surface area contributed by atoms with Crippen molar-refractivity contribution in [2.45, 2.75) is 45.1 Å². The number of nitrogens with one attached hydrogen (secondary N) is 2. The fourth-order valence-corrected chi connectivity index (χ4v) is 3.23. The molecule has 1 aliphatic heterocycles. The lowest BCUT2D eigenvalue weighted by atomic mass is 10.1. The van der Waals surface area contributed by atoms with Crippen LogP contribution in [0.2, 0.25) is 0 Å². The molecule has 1 saturated heterocycles. The van der Waals surface area contributed by atoms with Gasteiger partial charge in [-0.25, -0.2) is 0 Å². The molecule has 2 rings (SSSR count). The number of thiophene rings is 1. The zero-order valence-corrected chi connectivity index (χ0v) is 13.9. The fraction of sp³-hybridized carbons (Fsp3) is 0.688. The summed E-state index contributed by atoms with van der Waals surface area (Å²) >= 11 is 1.80. The van der Waals surface area contributed by atoms with Crippen LogP contribution in [0.1, 0.15) is 43.9 Å². The van der Waals surface area contributed by atoms with E-state index in [-0.39, 0.29) is 0 Å². The van der Waals surface area contributed by atoms with E-state index in [1.54, 1.807) is 11.3 Å². The summed E-state index contributed by atoms with van der Waals surface area (Å²) in [5, 5.41) is 8.85. The quantitative estimate of drug-likeness (QED) is 0.601. The molecule has 0 bridgehead atoms. The lowest BCUT2D eigenvalue weighted by Crippen LogP contribution is -2.38. The second-order valence-electron chi connectivity index (χ2n) is 5.49. The predicted octanol–water partition coefficient (Wildman–Crippen LogP) is 2.98. The van der Waals surface area contributed by atoms with E-state index in [1.165, 1.54) is 17.7 Å².